The van der Waals surface area contributed by atoms with Gasteiger partial charge in [0.05, 0.1) is 0 Å². The summed E-state index contributed by atoms with van der Waals surface area (Å²) >= 11 is 0. The first-order valence-electron chi connectivity index (χ1n) is 11.7. The Kier molecular flexibility index (Phi) is 16.9. The summed E-state index contributed by atoms with van der Waals surface area (Å²) in [6.45, 7) is 15.9. The van der Waals surface area contributed by atoms with Gasteiger partial charge in [-0.25, -0.2) is 4.99 Å². The summed E-state index contributed by atoms with van der Waals surface area (Å²) in [6, 6.07) is 0. The lowest BCUT2D eigenvalue weighted by Gasteiger charge is -2.19. The molecule has 0 aliphatic carbocycles. The molecular weight excluding hydrogens is 340 g/mol. The Bertz CT molecular complexity index is 485. The van der Waals surface area contributed by atoms with Gasteiger partial charge in [0.25, 0.3) is 0 Å². The monoisotopic (exact) mass is 388 g/mol. The van der Waals surface area contributed by atoms with Gasteiger partial charge in [-0.2, -0.15) is 0 Å². The van der Waals surface area contributed by atoms with Crippen LogP contribution in [-0.2, 0) is 0 Å². The molecule has 0 saturated carbocycles. The highest BCUT2D eigenvalue weighted by Crippen LogP contribution is 2.18. The molecule has 0 heterocycles. The third-order valence-electron chi connectivity index (χ3n) is 5.32. The summed E-state index contributed by atoms with van der Waals surface area (Å²) < 4.78 is 0. The normalized spacial score (nSPS) is 13.9. The van der Waals surface area contributed by atoms with Crippen molar-refractivity contribution in [3.8, 4) is 0 Å². The second kappa shape index (κ2) is 17.8. The van der Waals surface area contributed by atoms with Crippen LogP contribution in [0.25, 0.3) is 0 Å². The van der Waals surface area contributed by atoms with Crippen molar-refractivity contribution in [1.29, 1.82) is 0 Å². The Labute approximate surface area is 176 Å². The summed E-state index contributed by atoms with van der Waals surface area (Å²) in [5.74, 6) is 1.88. The van der Waals surface area contributed by atoms with Crippen LogP contribution in [-0.4, -0.2) is 24.3 Å². The quantitative estimate of drug-likeness (QED) is 0.112. The molecule has 0 fully saturated rings. The number of rotatable bonds is 16. The number of aliphatic imine (C=N–C) groups is 1. The van der Waals surface area contributed by atoms with Crippen molar-refractivity contribution < 1.29 is 0 Å². The van der Waals surface area contributed by atoms with Gasteiger partial charge in [0.2, 0.25) is 0 Å². The first-order chi connectivity index (χ1) is 13.4. The maximum absolute atomic E-state index is 4.52. The Morgan fingerprint density at radius 1 is 1.07 bits per heavy atom. The zero-order valence-corrected chi connectivity index (χ0v) is 19.9. The fraction of sp³-hybridized carbons (Fsp3) is 0.731. The molecule has 162 valence electrons. The Morgan fingerprint density at radius 3 is 2.36 bits per heavy atom. The standard InChI is InChI=1S/C26H48N2/c1-8-17-25(10-3)21-16-20-24(6)19-14-12-11-13-15-22-28(7)26(18-9-2)27-23(4)5/h9,18,21,24H,4,8,10-17,19-20,22H2,1-3,5-7H3/b18-9-,25-21?,27-26?. The number of hydrogen-bond acceptors (Lipinski definition) is 1. The van der Waals surface area contributed by atoms with Crippen molar-refractivity contribution in [3.05, 3.63) is 36.1 Å². The van der Waals surface area contributed by atoms with Crippen molar-refractivity contribution in [2.24, 2.45) is 10.9 Å². The second-order valence-corrected chi connectivity index (χ2v) is 8.33. The lowest BCUT2D eigenvalue weighted by Crippen LogP contribution is -2.26. The van der Waals surface area contributed by atoms with Gasteiger partial charge in [0.15, 0.2) is 0 Å². The molecule has 1 atom stereocenters. The zero-order chi connectivity index (χ0) is 21.2. The summed E-state index contributed by atoms with van der Waals surface area (Å²) in [7, 11) is 2.13. The fourth-order valence-corrected chi connectivity index (χ4v) is 3.54. The molecule has 1 unspecified atom stereocenters. The molecule has 0 N–H and O–H groups in total. The molecule has 2 heteroatoms. The number of unbranched alkanes of at least 4 members (excludes halogenated alkanes) is 4. The highest BCUT2D eigenvalue weighted by molar-refractivity contribution is 5.93. The van der Waals surface area contributed by atoms with Crippen molar-refractivity contribution >= 4 is 5.84 Å². The topological polar surface area (TPSA) is 15.6 Å². The van der Waals surface area contributed by atoms with Crippen LogP contribution >= 0.6 is 0 Å². The fourth-order valence-electron chi connectivity index (χ4n) is 3.54. The predicted octanol–water partition coefficient (Wildman–Crippen LogP) is 8.32. The molecular formula is C26H48N2. The zero-order valence-electron chi connectivity index (χ0n) is 19.9. The average Bonchev–Trinajstić information content (AvgIpc) is 2.65. The van der Waals surface area contributed by atoms with E-state index in [2.05, 4.69) is 56.4 Å². The minimum Gasteiger partial charge on any atom is -0.360 e. The molecule has 0 aliphatic rings. The van der Waals surface area contributed by atoms with Crippen LogP contribution < -0.4 is 0 Å². The lowest BCUT2D eigenvalue weighted by molar-refractivity contribution is 0.443. The highest BCUT2D eigenvalue weighted by Gasteiger charge is 2.04. The third kappa shape index (κ3) is 14.7. The van der Waals surface area contributed by atoms with Gasteiger partial charge in [0.1, 0.15) is 5.84 Å². The first kappa shape index (κ1) is 26.7. The molecule has 28 heavy (non-hydrogen) atoms. The largest absolute Gasteiger partial charge is 0.360 e. The minimum atomic E-state index is 0.862. The summed E-state index contributed by atoms with van der Waals surface area (Å²) in [5, 5.41) is 0. The first-order valence-corrected chi connectivity index (χ1v) is 11.7. The van der Waals surface area contributed by atoms with Crippen LogP contribution in [0.1, 0.15) is 105 Å². The molecule has 0 saturated heterocycles. The van der Waals surface area contributed by atoms with E-state index < -0.39 is 0 Å². The van der Waals surface area contributed by atoms with Crippen LogP contribution in [0.4, 0.5) is 0 Å². The van der Waals surface area contributed by atoms with E-state index in [-0.39, 0.29) is 0 Å². The van der Waals surface area contributed by atoms with Crippen LogP contribution in [0, 0.1) is 5.92 Å². The van der Waals surface area contributed by atoms with E-state index in [9.17, 15) is 0 Å². The van der Waals surface area contributed by atoms with Crippen molar-refractivity contribution in [2.45, 2.75) is 105 Å². The molecule has 0 spiro atoms. The number of hydrogen-bond donors (Lipinski definition) is 0. The van der Waals surface area contributed by atoms with E-state index in [1.807, 2.05) is 19.9 Å². The molecule has 2 nitrogen and oxygen atoms in total. The van der Waals surface area contributed by atoms with Gasteiger partial charge >= 0.3 is 0 Å². The molecule has 0 amide bonds. The van der Waals surface area contributed by atoms with Crippen LogP contribution in [0.15, 0.2) is 41.1 Å². The SMILES string of the molecule is C=C(C)N=C(/C=C\C)N(C)CCCCCCCC(C)CCC=C(CC)CCC. The number of nitrogens with zero attached hydrogens (tertiary/aromatic N) is 2. The summed E-state index contributed by atoms with van der Waals surface area (Å²) in [6.07, 6.45) is 21.1. The van der Waals surface area contributed by atoms with Gasteiger partial charge < -0.3 is 4.90 Å². The van der Waals surface area contributed by atoms with E-state index in [0.717, 1.165) is 24.0 Å². The maximum Gasteiger partial charge on any atom is 0.128 e. The molecule has 0 aromatic carbocycles. The minimum absolute atomic E-state index is 0.862. The van der Waals surface area contributed by atoms with Crippen LogP contribution in [0.5, 0.6) is 0 Å². The molecule has 0 radical (unpaired) electrons. The predicted molar refractivity (Wildman–Crippen MR) is 129 cm³/mol. The van der Waals surface area contributed by atoms with Gasteiger partial charge in [0, 0.05) is 19.3 Å². The number of allylic oxidation sites excluding steroid dienone is 4. The van der Waals surface area contributed by atoms with E-state index in [1.165, 1.54) is 70.6 Å². The van der Waals surface area contributed by atoms with Crippen molar-refractivity contribution in [3.63, 3.8) is 0 Å². The van der Waals surface area contributed by atoms with E-state index in [1.54, 1.807) is 5.57 Å². The smallest absolute Gasteiger partial charge is 0.128 e. The highest BCUT2D eigenvalue weighted by atomic mass is 15.2. The van der Waals surface area contributed by atoms with Gasteiger partial charge in [-0.3, -0.25) is 0 Å². The molecule has 0 aromatic heterocycles. The number of amidine groups is 1. The lowest BCUT2D eigenvalue weighted by atomic mass is 9.96. The average molecular weight is 389 g/mol. The summed E-state index contributed by atoms with van der Waals surface area (Å²) in [5.41, 5.74) is 2.52. The van der Waals surface area contributed by atoms with Crippen LogP contribution in [0.2, 0.25) is 0 Å². The molecule has 0 bridgehead atoms. The molecule has 0 aliphatic heterocycles. The van der Waals surface area contributed by atoms with E-state index in [4.69, 9.17) is 0 Å². The van der Waals surface area contributed by atoms with Crippen molar-refractivity contribution in [1.82, 2.24) is 4.90 Å². The van der Waals surface area contributed by atoms with Crippen molar-refractivity contribution in [2.75, 3.05) is 13.6 Å². The molecule has 0 rings (SSSR count). The maximum atomic E-state index is 4.52. The van der Waals surface area contributed by atoms with Gasteiger partial charge in [-0.1, -0.05) is 83.6 Å². The third-order valence-corrected chi connectivity index (χ3v) is 5.32. The number of likely N-dealkylation sites (N-methyl/N-ethyl adjacent to an activating group) is 1. The van der Waals surface area contributed by atoms with E-state index >= 15 is 0 Å². The van der Waals surface area contributed by atoms with E-state index in [0.29, 0.717) is 0 Å². The Hall–Kier alpha value is -1.31. The van der Waals surface area contributed by atoms with Gasteiger partial charge in [-0.15, -0.1) is 0 Å². The molecule has 0 aromatic rings. The second-order valence-electron chi connectivity index (χ2n) is 8.33. The Balaban J connectivity index is 3.84. The van der Waals surface area contributed by atoms with Gasteiger partial charge in [-0.05, 0) is 57.9 Å². The Morgan fingerprint density at radius 2 is 1.75 bits per heavy atom. The van der Waals surface area contributed by atoms with Crippen LogP contribution in [0.3, 0.4) is 0 Å². The summed E-state index contributed by atoms with van der Waals surface area (Å²) in [4.78, 5) is 6.77.